The quantitative estimate of drug-likeness (QED) is 0.657. The highest BCUT2D eigenvalue weighted by atomic mass is 15.0. The molecule has 0 N–H and O–H groups in total. The third-order valence-electron chi connectivity index (χ3n) is 3.66. The average molecular weight is 262 g/mol. The summed E-state index contributed by atoms with van der Waals surface area (Å²) in [7, 11) is 0. The third-order valence-corrected chi connectivity index (χ3v) is 3.66. The van der Waals surface area contributed by atoms with E-state index in [1.54, 1.807) is 0 Å². The molecule has 3 aromatic rings. The average Bonchev–Trinajstić information content (AvgIpc) is 2.92. The van der Waals surface area contributed by atoms with Gasteiger partial charge in [0.25, 0.3) is 0 Å². The number of hydrogen-bond donors (Lipinski definition) is 0. The number of aromatic nitrogens is 2. The largest absolute Gasteiger partial charge is 0.299 e. The Morgan fingerprint density at radius 1 is 1.05 bits per heavy atom. The van der Waals surface area contributed by atoms with Crippen molar-refractivity contribution in [3.8, 4) is 11.3 Å². The number of rotatable bonds is 2. The smallest absolute Gasteiger partial charge is 0.140 e. The van der Waals surface area contributed by atoms with Gasteiger partial charge in [0.15, 0.2) is 0 Å². The van der Waals surface area contributed by atoms with Crippen molar-refractivity contribution in [3.05, 3.63) is 65.5 Å². The Bertz CT molecular complexity index is 794. The van der Waals surface area contributed by atoms with Crippen LogP contribution < -0.4 is 0 Å². The monoisotopic (exact) mass is 262 g/mol. The summed E-state index contributed by atoms with van der Waals surface area (Å²) in [4.78, 5) is 4.43. The number of hydrogen-bond acceptors (Lipinski definition) is 1. The Morgan fingerprint density at radius 2 is 1.90 bits per heavy atom. The summed E-state index contributed by atoms with van der Waals surface area (Å²) in [5.74, 6) is 0. The summed E-state index contributed by atoms with van der Waals surface area (Å²) < 4.78 is 2.15. The van der Waals surface area contributed by atoms with Gasteiger partial charge in [-0.1, -0.05) is 30.4 Å². The predicted octanol–water partition coefficient (Wildman–Crippen LogP) is 4.65. The van der Waals surface area contributed by atoms with E-state index in [1.807, 2.05) is 19.3 Å². The van der Waals surface area contributed by atoms with Crippen molar-refractivity contribution >= 4 is 11.7 Å². The van der Waals surface area contributed by atoms with Gasteiger partial charge >= 0.3 is 0 Å². The van der Waals surface area contributed by atoms with Crippen molar-refractivity contribution in [3.63, 3.8) is 0 Å². The van der Waals surface area contributed by atoms with Gasteiger partial charge in [-0.3, -0.25) is 4.40 Å². The molecule has 3 rings (SSSR count). The molecule has 2 aromatic heterocycles. The molecule has 0 unspecified atom stereocenters. The van der Waals surface area contributed by atoms with Crippen molar-refractivity contribution in [2.24, 2.45) is 0 Å². The lowest BCUT2D eigenvalue weighted by atomic mass is 10.0. The van der Waals surface area contributed by atoms with Crippen LogP contribution in [0.15, 0.2) is 48.8 Å². The molecule has 0 atom stereocenters. The van der Waals surface area contributed by atoms with E-state index in [9.17, 15) is 0 Å². The zero-order valence-corrected chi connectivity index (χ0v) is 12.1. The fraction of sp³-hybridized carbons (Fsp3) is 0.167. The molecule has 0 saturated carbocycles. The molecule has 2 heteroatoms. The first-order valence-electron chi connectivity index (χ1n) is 6.87. The van der Waals surface area contributed by atoms with Gasteiger partial charge in [-0.25, -0.2) is 4.98 Å². The number of benzene rings is 1. The summed E-state index contributed by atoms with van der Waals surface area (Å²) in [6.07, 6.45) is 8.09. The minimum atomic E-state index is 1.03. The topological polar surface area (TPSA) is 17.3 Å². The summed E-state index contributed by atoms with van der Waals surface area (Å²) in [5, 5.41) is 0. The highest BCUT2D eigenvalue weighted by molar-refractivity contribution is 5.68. The van der Waals surface area contributed by atoms with Gasteiger partial charge in [0.1, 0.15) is 5.65 Å². The van der Waals surface area contributed by atoms with Gasteiger partial charge < -0.3 is 0 Å². The highest BCUT2D eigenvalue weighted by Crippen LogP contribution is 2.25. The summed E-state index contributed by atoms with van der Waals surface area (Å²) >= 11 is 0. The molecule has 0 amide bonds. The lowest BCUT2D eigenvalue weighted by Gasteiger charge is -2.10. The highest BCUT2D eigenvalue weighted by Gasteiger charge is 2.07. The molecule has 0 radical (unpaired) electrons. The molecule has 0 fully saturated rings. The zero-order valence-electron chi connectivity index (χ0n) is 12.1. The summed E-state index contributed by atoms with van der Waals surface area (Å²) in [6, 6.07) is 10.9. The van der Waals surface area contributed by atoms with Crippen molar-refractivity contribution < 1.29 is 0 Å². The Morgan fingerprint density at radius 3 is 2.65 bits per heavy atom. The standard InChI is InChI=1S/C18H18N2/c1-4-5-15-7-8-16(12-14(15)3)17-9-6-13(2)18-19-10-11-20(17)18/h4-12H,1-3H3/b5-4-. The van der Waals surface area contributed by atoms with E-state index in [4.69, 9.17) is 0 Å². The number of pyridine rings is 1. The van der Waals surface area contributed by atoms with Gasteiger partial charge in [0.05, 0.1) is 5.69 Å². The molecule has 20 heavy (non-hydrogen) atoms. The van der Waals surface area contributed by atoms with Crippen molar-refractivity contribution in [2.75, 3.05) is 0 Å². The van der Waals surface area contributed by atoms with E-state index < -0.39 is 0 Å². The Balaban J connectivity index is 2.19. The van der Waals surface area contributed by atoms with Crippen LogP contribution in [0.25, 0.3) is 23.0 Å². The van der Waals surface area contributed by atoms with Crippen LogP contribution in [0.1, 0.15) is 23.6 Å². The molecule has 2 heterocycles. The SMILES string of the molecule is C/C=C\c1ccc(-c2ccc(C)c3nccn23)cc1C. The molecule has 100 valence electrons. The van der Waals surface area contributed by atoms with Gasteiger partial charge in [0.2, 0.25) is 0 Å². The van der Waals surface area contributed by atoms with E-state index in [0.717, 1.165) is 5.65 Å². The second kappa shape index (κ2) is 4.97. The first kappa shape index (κ1) is 12.7. The van der Waals surface area contributed by atoms with Gasteiger partial charge in [-0.2, -0.15) is 0 Å². The van der Waals surface area contributed by atoms with E-state index in [1.165, 1.54) is 27.9 Å². The number of allylic oxidation sites excluding steroid dienone is 1. The second-order valence-corrected chi connectivity index (χ2v) is 5.09. The molecular formula is C18H18N2. The fourth-order valence-electron chi connectivity index (χ4n) is 2.59. The number of imidazole rings is 1. The third kappa shape index (κ3) is 2.03. The molecule has 1 aromatic carbocycles. The molecular weight excluding hydrogens is 244 g/mol. The number of aryl methyl sites for hydroxylation is 2. The first-order chi connectivity index (χ1) is 9.70. The Hall–Kier alpha value is -2.35. The van der Waals surface area contributed by atoms with Crippen LogP contribution in [0.2, 0.25) is 0 Å². The van der Waals surface area contributed by atoms with E-state index in [0.29, 0.717) is 0 Å². The van der Waals surface area contributed by atoms with Gasteiger partial charge in [-0.15, -0.1) is 0 Å². The van der Waals surface area contributed by atoms with Crippen LogP contribution in [-0.4, -0.2) is 9.38 Å². The van der Waals surface area contributed by atoms with E-state index in [-0.39, 0.29) is 0 Å². The maximum atomic E-state index is 4.43. The van der Waals surface area contributed by atoms with Crippen LogP contribution in [0.3, 0.4) is 0 Å². The first-order valence-corrected chi connectivity index (χ1v) is 6.87. The lowest BCUT2D eigenvalue weighted by Crippen LogP contribution is -1.94. The molecule has 0 spiro atoms. The number of nitrogens with zero attached hydrogens (tertiary/aromatic N) is 2. The minimum Gasteiger partial charge on any atom is -0.299 e. The van der Waals surface area contributed by atoms with Crippen molar-refractivity contribution in [1.29, 1.82) is 0 Å². The van der Waals surface area contributed by atoms with E-state index >= 15 is 0 Å². The van der Waals surface area contributed by atoms with Crippen LogP contribution in [-0.2, 0) is 0 Å². The maximum Gasteiger partial charge on any atom is 0.140 e. The minimum absolute atomic E-state index is 1.03. The fourth-order valence-corrected chi connectivity index (χ4v) is 2.59. The molecule has 2 nitrogen and oxygen atoms in total. The zero-order chi connectivity index (χ0) is 14.1. The Labute approximate surface area is 119 Å². The second-order valence-electron chi connectivity index (χ2n) is 5.09. The predicted molar refractivity (Wildman–Crippen MR) is 84.8 cm³/mol. The van der Waals surface area contributed by atoms with Gasteiger partial charge in [-0.05, 0) is 55.2 Å². The normalized spacial score (nSPS) is 11.6. The van der Waals surface area contributed by atoms with Gasteiger partial charge in [0, 0.05) is 12.4 Å². The molecule has 0 bridgehead atoms. The molecule has 0 saturated heterocycles. The molecule has 0 aliphatic rings. The summed E-state index contributed by atoms with van der Waals surface area (Å²) in [6.45, 7) is 6.28. The maximum absolute atomic E-state index is 4.43. The lowest BCUT2D eigenvalue weighted by molar-refractivity contribution is 1.17. The number of fused-ring (bicyclic) bond motifs is 1. The van der Waals surface area contributed by atoms with Crippen LogP contribution in [0.5, 0.6) is 0 Å². The van der Waals surface area contributed by atoms with Crippen LogP contribution in [0.4, 0.5) is 0 Å². The summed E-state index contributed by atoms with van der Waals surface area (Å²) in [5.41, 5.74) is 7.18. The molecule has 0 aliphatic carbocycles. The molecule has 0 aliphatic heterocycles. The Kier molecular flexibility index (Phi) is 3.15. The van der Waals surface area contributed by atoms with E-state index in [2.05, 4.69) is 65.7 Å². The van der Waals surface area contributed by atoms with Crippen LogP contribution in [0, 0.1) is 13.8 Å². The van der Waals surface area contributed by atoms with Crippen molar-refractivity contribution in [2.45, 2.75) is 20.8 Å². The van der Waals surface area contributed by atoms with Crippen molar-refractivity contribution in [1.82, 2.24) is 9.38 Å². The van der Waals surface area contributed by atoms with Crippen LogP contribution >= 0.6 is 0 Å².